The third-order valence-electron chi connectivity index (χ3n) is 1.92. The fraction of sp³-hybridized carbons (Fsp3) is 0.800. The molecule has 0 heterocycles. The molecule has 0 N–H and O–H groups in total. The summed E-state index contributed by atoms with van der Waals surface area (Å²) in [6.07, 6.45) is 2.14. The molecule has 0 aromatic rings. The van der Waals surface area contributed by atoms with Gasteiger partial charge in [0.1, 0.15) is 5.78 Å². The maximum Gasteiger partial charge on any atom is 0.229 e. The zero-order chi connectivity index (χ0) is 10.3. The monoisotopic (exact) mass is 185 g/mol. The minimum Gasteiger partial charge on any atom is -0.343 e. The molecule has 0 aromatic carbocycles. The van der Waals surface area contributed by atoms with Gasteiger partial charge in [-0.25, -0.2) is 0 Å². The summed E-state index contributed by atoms with van der Waals surface area (Å²) in [5.41, 5.74) is 0. The number of hydrogen-bond donors (Lipinski definition) is 0. The normalized spacial score (nSPS) is 9.77. The van der Waals surface area contributed by atoms with Gasteiger partial charge in [0.2, 0.25) is 5.91 Å². The molecule has 0 radical (unpaired) electrons. The van der Waals surface area contributed by atoms with Gasteiger partial charge in [-0.1, -0.05) is 13.3 Å². The second-order valence-electron chi connectivity index (χ2n) is 3.21. The number of rotatable bonds is 6. The Morgan fingerprint density at radius 1 is 1.23 bits per heavy atom. The van der Waals surface area contributed by atoms with Crippen molar-refractivity contribution >= 4 is 11.7 Å². The molecule has 0 rings (SSSR count). The molecule has 0 aromatic heterocycles. The van der Waals surface area contributed by atoms with Crippen LogP contribution >= 0.6 is 0 Å². The van der Waals surface area contributed by atoms with Crippen LogP contribution in [0.25, 0.3) is 0 Å². The lowest BCUT2D eigenvalue weighted by Crippen LogP contribution is -2.32. The van der Waals surface area contributed by atoms with Crippen molar-refractivity contribution in [1.82, 2.24) is 4.90 Å². The Hall–Kier alpha value is -0.860. The molecule has 3 heteroatoms. The van der Waals surface area contributed by atoms with E-state index in [1.165, 1.54) is 6.92 Å². The Kier molecular flexibility index (Phi) is 6.20. The number of carbonyl (C=O) groups is 2. The van der Waals surface area contributed by atoms with Crippen molar-refractivity contribution in [1.29, 1.82) is 0 Å². The summed E-state index contributed by atoms with van der Waals surface area (Å²) in [6.45, 7) is 6.95. The zero-order valence-corrected chi connectivity index (χ0v) is 8.80. The number of ketones is 1. The van der Waals surface area contributed by atoms with Crippen molar-refractivity contribution < 1.29 is 9.59 Å². The average Bonchev–Trinajstić information content (AvgIpc) is 2.04. The van der Waals surface area contributed by atoms with Gasteiger partial charge in [-0.05, 0) is 20.3 Å². The number of Topliss-reactive ketones (excluding diaryl/α,β-unsaturated/α-hetero) is 1. The lowest BCUT2D eigenvalue weighted by atomic mass is 10.2. The highest BCUT2D eigenvalue weighted by Crippen LogP contribution is 1.98. The van der Waals surface area contributed by atoms with E-state index < -0.39 is 0 Å². The molecular weight excluding hydrogens is 166 g/mol. The molecule has 0 saturated carbocycles. The van der Waals surface area contributed by atoms with Gasteiger partial charge < -0.3 is 4.90 Å². The molecule has 13 heavy (non-hydrogen) atoms. The van der Waals surface area contributed by atoms with Crippen LogP contribution in [-0.2, 0) is 9.59 Å². The largest absolute Gasteiger partial charge is 0.343 e. The van der Waals surface area contributed by atoms with Crippen LogP contribution in [0.2, 0.25) is 0 Å². The summed E-state index contributed by atoms with van der Waals surface area (Å²) in [5.74, 6) is -0.0941. The smallest absolute Gasteiger partial charge is 0.229 e. The maximum absolute atomic E-state index is 11.4. The van der Waals surface area contributed by atoms with E-state index in [9.17, 15) is 9.59 Å². The van der Waals surface area contributed by atoms with E-state index in [4.69, 9.17) is 0 Å². The molecule has 0 spiro atoms. The van der Waals surface area contributed by atoms with Crippen molar-refractivity contribution in [2.24, 2.45) is 0 Å². The molecule has 1 amide bonds. The fourth-order valence-electron chi connectivity index (χ4n) is 1.13. The lowest BCUT2D eigenvalue weighted by Gasteiger charge is -2.19. The second-order valence-corrected chi connectivity index (χ2v) is 3.21. The molecule has 0 unspecified atom stereocenters. The predicted octanol–water partition coefficient (Wildman–Crippen LogP) is 1.61. The van der Waals surface area contributed by atoms with E-state index in [2.05, 4.69) is 6.92 Å². The molecule has 0 aliphatic heterocycles. The first-order chi connectivity index (χ1) is 6.11. The Balaban J connectivity index is 3.91. The SMILES string of the molecule is CCCCN(CC)C(=O)CC(C)=O. The van der Waals surface area contributed by atoms with Crippen molar-refractivity contribution in [2.75, 3.05) is 13.1 Å². The second kappa shape index (κ2) is 6.63. The van der Waals surface area contributed by atoms with E-state index in [0.29, 0.717) is 6.54 Å². The number of nitrogens with zero attached hydrogens (tertiary/aromatic N) is 1. The van der Waals surface area contributed by atoms with Crippen LogP contribution in [-0.4, -0.2) is 29.7 Å². The summed E-state index contributed by atoms with van der Waals surface area (Å²) < 4.78 is 0. The Morgan fingerprint density at radius 3 is 2.23 bits per heavy atom. The van der Waals surface area contributed by atoms with Crippen LogP contribution in [0.15, 0.2) is 0 Å². The van der Waals surface area contributed by atoms with E-state index >= 15 is 0 Å². The Labute approximate surface area is 80.1 Å². The first-order valence-corrected chi connectivity index (χ1v) is 4.89. The molecule has 0 aliphatic carbocycles. The number of hydrogen-bond acceptors (Lipinski definition) is 2. The van der Waals surface area contributed by atoms with Gasteiger partial charge >= 0.3 is 0 Å². The highest BCUT2D eigenvalue weighted by atomic mass is 16.2. The van der Waals surface area contributed by atoms with Crippen LogP contribution in [0.4, 0.5) is 0 Å². The summed E-state index contributed by atoms with van der Waals surface area (Å²) >= 11 is 0. The predicted molar refractivity (Wildman–Crippen MR) is 52.5 cm³/mol. The van der Waals surface area contributed by atoms with Gasteiger partial charge in [0, 0.05) is 13.1 Å². The third-order valence-corrected chi connectivity index (χ3v) is 1.92. The summed E-state index contributed by atoms with van der Waals surface area (Å²) in [6, 6.07) is 0. The van der Waals surface area contributed by atoms with Gasteiger partial charge in [-0.3, -0.25) is 9.59 Å². The van der Waals surface area contributed by atoms with Crippen LogP contribution in [0.5, 0.6) is 0 Å². The minimum absolute atomic E-state index is 0.0385. The highest BCUT2D eigenvalue weighted by Gasteiger charge is 2.12. The number of unbranched alkanes of at least 4 members (excludes halogenated alkanes) is 1. The first kappa shape index (κ1) is 12.1. The van der Waals surface area contributed by atoms with Gasteiger partial charge in [0.15, 0.2) is 0 Å². The molecule has 0 saturated heterocycles. The van der Waals surface area contributed by atoms with Gasteiger partial charge in [0.25, 0.3) is 0 Å². The molecule has 76 valence electrons. The molecular formula is C10H19NO2. The van der Waals surface area contributed by atoms with Crippen molar-refractivity contribution in [3.8, 4) is 0 Å². The van der Waals surface area contributed by atoms with Crippen LogP contribution in [0.3, 0.4) is 0 Å². The Morgan fingerprint density at radius 2 is 1.85 bits per heavy atom. The van der Waals surface area contributed by atoms with E-state index in [1.54, 1.807) is 4.90 Å². The summed E-state index contributed by atoms with van der Waals surface area (Å²) in [5, 5.41) is 0. The molecule has 3 nitrogen and oxygen atoms in total. The lowest BCUT2D eigenvalue weighted by molar-refractivity contribution is -0.134. The first-order valence-electron chi connectivity index (χ1n) is 4.89. The third kappa shape index (κ3) is 5.39. The number of carbonyl (C=O) groups excluding carboxylic acids is 2. The quantitative estimate of drug-likeness (QED) is 0.590. The zero-order valence-electron chi connectivity index (χ0n) is 8.80. The van der Waals surface area contributed by atoms with Crippen molar-refractivity contribution in [3.05, 3.63) is 0 Å². The standard InChI is InChI=1S/C10H19NO2/c1-4-6-7-11(5-2)10(13)8-9(3)12/h4-8H2,1-3H3. The molecule has 0 fully saturated rings. The molecule has 0 bridgehead atoms. The highest BCUT2D eigenvalue weighted by molar-refractivity contribution is 5.96. The van der Waals surface area contributed by atoms with E-state index in [-0.39, 0.29) is 18.1 Å². The van der Waals surface area contributed by atoms with E-state index in [0.717, 1.165) is 19.4 Å². The van der Waals surface area contributed by atoms with E-state index in [1.807, 2.05) is 6.92 Å². The van der Waals surface area contributed by atoms with Gasteiger partial charge in [-0.2, -0.15) is 0 Å². The molecule has 0 atom stereocenters. The van der Waals surface area contributed by atoms with Gasteiger partial charge in [0.05, 0.1) is 6.42 Å². The Bertz CT molecular complexity index is 178. The minimum atomic E-state index is -0.0556. The fourth-order valence-corrected chi connectivity index (χ4v) is 1.13. The summed E-state index contributed by atoms with van der Waals surface area (Å²) in [4.78, 5) is 23.8. The van der Waals surface area contributed by atoms with Crippen LogP contribution in [0, 0.1) is 0 Å². The van der Waals surface area contributed by atoms with Crippen molar-refractivity contribution in [3.63, 3.8) is 0 Å². The van der Waals surface area contributed by atoms with Crippen LogP contribution in [0.1, 0.15) is 40.0 Å². The molecule has 0 aliphatic rings. The van der Waals surface area contributed by atoms with Gasteiger partial charge in [-0.15, -0.1) is 0 Å². The number of amides is 1. The topological polar surface area (TPSA) is 37.4 Å². The maximum atomic E-state index is 11.4. The summed E-state index contributed by atoms with van der Waals surface area (Å²) in [7, 11) is 0. The average molecular weight is 185 g/mol. The van der Waals surface area contributed by atoms with Crippen LogP contribution < -0.4 is 0 Å². The van der Waals surface area contributed by atoms with Crippen molar-refractivity contribution in [2.45, 2.75) is 40.0 Å².